The average Bonchev–Trinajstić information content (AvgIpc) is 2.61. The fourth-order valence-electron chi connectivity index (χ4n) is 2.91. The van der Waals surface area contributed by atoms with Gasteiger partial charge in [0.2, 0.25) is 0 Å². The van der Waals surface area contributed by atoms with E-state index in [9.17, 15) is 14.0 Å². The number of Topliss-reactive ketones (excluding diaryl/α,β-unsaturated/α-hetero) is 1. The topological polar surface area (TPSA) is 40.6 Å². The number of piperazine rings is 1. The maximum atomic E-state index is 13.2. The van der Waals surface area contributed by atoms with Crippen LogP contribution in [0.2, 0.25) is 0 Å². The third-order valence-corrected chi connectivity index (χ3v) is 5.02. The summed E-state index contributed by atoms with van der Waals surface area (Å²) in [6.45, 7) is 4.16. The highest BCUT2D eigenvalue weighted by molar-refractivity contribution is 9.10. The molecule has 4 nitrogen and oxygen atoms in total. The molecule has 0 saturated carbocycles. The summed E-state index contributed by atoms with van der Waals surface area (Å²) in [5.74, 6) is -0.424. The molecule has 0 radical (unpaired) electrons. The first-order valence-electron chi connectivity index (χ1n) is 8.06. The van der Waals surface area contributed by atoms with Crippen LogP contribution in [0.15, 0.2) is 46.9 Å². The predicted octanol–water partition coefficient (Wildman–Crippen LogP) is 3.75. The summed E-state index contributed by atoms with van der Waals surface area (Å²) in [4.78, 5) is 27.9. The van der Waals surface area contributed by atoms with Crippen molar-refractivity contribution in [3.63, 3.8) is 0 Å². The monoisotopic (exact) mass is 404 g/mol. The molecule has 0 aliphatic carbocycles. The fourth-order valence-corrected chi connectivity index (χ4v) is 3.43. The van der Waals surface area contributed by atoms with Crippen LogP contribution < -0.4 is 4.90 Å². The van der Waals surface area contributed by atoms with Crippen LogP contribution in [-0.4, -0.2) is 42.8 Å². The summed E-state index contributed by atoms with van der Waals surface area (Å²) in [5, 5.41) is 0. The van der Waals surface area contributed by atoms with Crippen LogP contribution >= 0.6 is 15.9 Å². The van der Waals surface area contributed by atoms with Crippen molar-refractivity contribution >= 4 is 33.3 Å². The molecular formula is C19H18BrFN2O2. The van der Waals surface area contributed by atoms with Gasteiger partial charge in [-0.05, 0) is 65.3 Å². The highest BCUT2D eigenvalue weighted by atomic mass is 79.9. The van der Waals surface area contributed by atoms with E-state index in [-0.39, 0.29) is 17.5 Å². The third-order valence-electron chi connectivity index (χ3n) is 4.37. The van der Waals surface area contributed by atoms with Gasteiger partial charge in [-0.1, -0.05) is 0 Å². The molecule has 0 atom stereocenters. The maximum absolute atomic E-state index is 13.2. The number of carbonyl (C=O) groups excluding carboxylic acids is 2. The van der Waals surface area contributed by atoms with Crippen molar-refractivity contribution in [3.8, 4) is 0 Å². The lowest BCUT2D eigenvalue weighted by Crippen LogP contribution is -2.48. The Hall–Kier alpha value is -2.21. The molecule has 0 spiro atoms. The van der Waals surface area contributed by atoms with Crippen molar-refractivity contribution in [1.82, 2.24) is 4.90 Å². The van der Waals surface area contributed by atoms with Crippen molar-refractivity contribution in [1.29, 1.82) is 0 Å². The Morgan fingerprint density at radius 1 is 1.00 bits per heavy atom. The molecule has 1 aliphatic heterocycles. The number of benzene rings is 2. The average molecular weight is 405 g/mol. The number of rotatable bonds is 3. The molecule has 6 heteroatoms. The van der Waals surface area contributed by atoms with Crippen molar-refractivity contribution in [2.45, 2.75) is 6.92 Å². The van der Waals surface area contributed by atoms with Crippen LogP contribution in [0.3, 0.4) is 0 Å². The molecule has 3 rings (SSSR count). The van der Waals surface area contributed by atoms with Crippen LogP contribution in [0.25, 0.3) is 0 Å². The van der Waals surface area contributed by atoms with E-state index < -0.39 is 0 Å². The van der Waals surface area contributed by atoms with Crippen LogP contribution in [0.1, 0.15) is 27.6 Å². The lowest BCUT2D eigenvalue weighted by Gasteiger charge is -2.36. The molecule has 1 saturated heterocycles. The van der Waals surface area contributed by atoms with E-state index in [2.05, 4.69) is 20.8 Å². The van der Waals surface area contributed by atoms with E-state index in [1.54, 1.807) is 11.8 Å². The first-order chi connectivity index (χ1) is 12.0. The van der Waals surface area contributed by atoms with Gasteiger partial charge in [-0.25, -0.2) is 4.39 Å². The summed E-state index contributed by atoms with van der Waals surface area (Å²) in [6.07, 6.45) is 0. The number of nitrogens with zero attached hydrogens (tertiary/aromatic N) is 2. The smallest absolute Gasteiger partial charge is 0.255 e. The first-order valence-corrected chi connectivity index (χ1v) is 8.85. The highest BCUT2D eigenvalue weighted by Crippen LogP contribution is 2.22. The van der Waals surface area contributed by atoms with Crippen LogP contribution in [-0.2, 0) is 0 Å². The summed E-state index contributed by atoms with van der Waals surface area (Å²) in [6, 6.07) is 11.6. The van der Waals surface area contributed by atoms with Gasteiger partial charge in [0.1, 0.15) is 5.82 Å². The zero-order chi connectivity index (χ0) is 18.0. The van der Waals surface area contributed by atoms with Gasteiger partial charge in [0.05, 0.1) is 5.56 Å². The van der Waals surface area contributed by atoms with E-state index in [1.165, 1.54) is 18.2 Å². The minimum absolute atomic E-state index is 0.0480. The van der Waals surface area contributed by atoms with E-state index in [0.717, 1.165) is 5.69 Å². The predicted molar refractivity (Wildman–Crippen MR) is 98.7 cm³/mol. The van der Waals surface area contributed by atoms with E-state index >= 15 is 0 Å². The molecule has 0 bridgehead atoms. The quantitative estimate of drug-likeness (QED) is 0.731. The normalized spacial score (nSPS) is 14.5. The zero-order valence-corrected chi connectivity index (χ0v) is 15.4. The molecule has 130 valence electrons. The highest BCUT2D eigenvalue weighted by Gasteiger charge is 2.23. The van der Waals surface area contributed by atoms with Gasteiger partial charge >= 0.3 is 0 Å². The van der Waals surface area contributed by atoms with Gasteiger partial charge in [-0.3, -0.25) is 9.59 Å². The minimum Gasteiger partial charge on any atom is -0.368 e. The lowest BCUT2D eigenvalue weighted by molar-refractivity contribution is 0.0745. The standard InChI is InChI=1S/C19H18BrFN2O2/c1-13(24)14-2-5-16(6-3-14)22-8-10-23(11-9-22)19(25)17-7-4-15(21)12-18(17)20/h2-7,12H,8-11H2,1H3. The Morgan fingerprint density at radius 2 is 1.64 bits per heavy atom. The van der Waals surface area contributed by atoms with Gasteiger partial charge < -0.3 is 9.80 Å². The van der Waals surface area contributed by atoms with E-state index in [4.69, 9.17) is 0 Å². The second-order valence-corrected chi connectivity index (χ2v) is 6.86. The largest absolute Gasteiger partial charge is 0.368 e. The number of anilines is 1. The van der Waals surface area contributed by atoms with Crippen molar-refractivity contribution in [3.05, 3.63) is 63.9 Å². The van der Waals surface area contributed by atoms with Gasteiger partial charge in [0.25, 0.3) is 5.91 Å². The number of hydrogen-bond acceptors (Lipinski definition) is 3. The molecule has 2 aromatic carbocycles. The molecule has 0 N–H and O–H groups in total. The molecule has 1 heterocycles. The summed E-state index contributed by atoms with van der Waals surface area (Å²) in [5.41, 5.74) is 2.21. The van der Waals surface area contributed by atoms with Crippen molar-refractivity contribution in [2.24, 2.45) is 0 Å². The van der Waals surface area contributed by atoms with Gasteiger partial charge in [0, 0.05) is 41.9 Å². The van der Waals surface area contributed by atoms with Gasteiger partial charge in [-0.15, -0.1) is 0 Å². The molecule has 1 fully saturated rings. The molecule has 1 amide bonds. The molecule has 1 aliphatic rings. The summed E-state index contributed by atoms with van der Waals surface area (Å²) in [7, 11) is 0. The Kier molecular flexibility index (Phi) is 5.18. The minimum atomic E-state index is -0.373. The van der Waals surface area contributed by atoms with Crippen molar-refractivity contribution < 1.29 is 14.0 Å². The van der Waals surface area contributed by atoms with E-state index in [0.29, 0.717) is 41.8 Å². The maximum Gasteiger partial charge on any atom is 0.255 e. The number of ketones is 1. The Bertz CT molecular complexity index is 800. The Morgan fingerprint density at radius 3 is 2.20 bits per heavy atom. The molecular weight excluding hydrogens is 387 g/mol. The second kappa shape index (κ2) is 7.35. The number of halogens is 2. The Labute approximate surface area is 154 Å². The van der Waals surface area contributed by atoms with Crippen LogP contribution in [0.4, 0.5) is 10.1 Å². The molecule has 0 aromatic heterocycles. The Balaban J connectivity index is 1.65. The molecule has 2 aromatic rings. The van der Waals surface area contributed by atoms with Crippen LogP contribution in [0, 0.1) is 5.82 Å². The fraction of sp³-hybridized carbons (Fsp3) is 0.263. The van der Waals surface area contributed by atoms with Crippen molar-refractivity contribution in [2.75, 3.05) is 31.1 Å². The molecule has 25 heavy (non-hydrogen) atoms. The SMILES string of the molecule is CC(=O)c1ccc(N2CCN(C(=O)c3ccc(F)cc3Br)CC2)cc1. The number of carbonyl (C=O) groups is 2. The summed E-state index contributed by atoms with van der Waals surface area (Å²) < 4.78 is 13.7. The first kappa shape index (κ1) is 17.6. The number of hydrogen-bond donors (Lipinski definition) is 0. The lowest BCUT2D eigenvalue weighted by atomic mass is 10.1. The van der Waals surface area contributed by atoms with E-state index in [1.807, 2.05) is 24.3 Å². The number of amides is 1. The van der Waals surface area contributed by atoms with Crippen LogP contribution in [0.5, 0.6) is 0 Å². The zero-order valence-electron chi connectivity index (χ0n) is 13.8. The van der Waals surface area contributed by atoms with Gasteiger partial charge in [-0.2, -0.15) is 0 Å². The third kappa shape index (κ3) is 3.90. The van der Waals surface area contributed by atoms with Gasteiger partial charge in [0.15, 0.2) is 5.78 Å². The summed E-state index contributed by atoms with van der Waals surface area (Å²) >= 11 is 3.26. The second-order valence-electron chi connectivity index (χ2n) is 6.01. The molecule has 0 unspecified atom stereocenters.